The predicted octanol–water partition coefficient (Wildman–Crippen LogP) is 1.84. The molecule has 2 heteroatoms. The number of fused-ring (bicyclic) bond motifs is 1. The van der Waals surface area contributed by atoms with Gasteiger partial charge in [-0.3, -0.25) is 4.79 Å². The third kappa shape index (κ3) is 1.61. The summed E-state index contributed by atoms with van der Waals surface area (Å²) in [5.74, 6) is 0.324. The fourth-order valence-corrected chi connectivity index (χ4v) is 1.50. The average Bonchev–Trinajstić information content (AvgIpc) is 2.20. The van der Waals surface area contributed by atoms with Crippen LogP contribution in [0.2, 0.25) is 0 Å². The number of cyclic esters (lactones) is 1. The van der Waals surface area contributed by atoms with Gasteiger partial charge in [0.1, 0.15) is 5.76 Å². The predicted molar refractivity (Wildman–Crippen MR) is 49.1 cm³/mol. The van der Waals surface area contributed by atoms with Crippen molar-refractivity contribution in [3.63, 3.8) is 0 Å². The minimum atomic E-state index is -0.213. The molecule has 0 atom stereocenters. The van der Waals surface area contributed by atoms with Crippen molar-refractivity contribution in [3.8, 4) is 0 Å². The van der Waals surface area contributed by atoms with Gasteiger partial charge in [-0.2, -0.15) is 0 Å². The van der Waals surface area contributed by atoms with Crippen LogP contribution in [0, 0.1) is 0 Å². The summed E-state index contributed by atoms with van der Waals surface area (Å²) in [7, 11) is 0. The highest BCUT2D eigenvalue weighted by molar-refractivity contribution is 5.75. The maximum Gasteiger partial charge on any atom is 0.315 e. The quantitative estimate of drug-likeness (QED) is 0.561. The van der Waals surface area contributed by atoms with E-state index in [9.17, 15) is 4.79 Å². The molecule has 0 saturated carbocycles. The first kappa shape index (κ1) is 8.05. The zero-order chi connectivity index (χ0) is 9.26. The Hall–Kier alpha value is -1.57. The molecule has 0 bridgehead atoms. The van der Waals surface area contributed by atoms with Crippen molar-refractivity contribution in [3.05, 3.63) is 47.7 Å². The van der Waals surface area contributed by atoms with Crippen molar-refractivity contribution >= 4 is 5.97 Å². The largest absolute Gasteiger partial charge is 0.431 e. The van der Waals surface area contributed by atoms with Crippen LogP contribution in [0.15, 0.2) is 36.6 Å². The van der Waals surface area contributed by atoms with Crippen LogP contribution < -0.4 is 0 Å². The Labute approximate surface area is 76.8 Å². The maximum absolute atomic E-state index is 11.2. The highest BCUT2D eigenvalue weighted by Gasteiger charge is 2.15. The third-order valence-corrected chi connectivity index (χ3v) is 2.10. The highest BCUT2D eigenvalue weighted by Crippen LogP contribution is 2.18. The van der Waals surface area contributed by atoms with E-state index >= 15 is 0 Å². The first-order chi connectivity index (χ1) is 6.25. The Bertz CT molecular complexity index is 331. The highest BCUT2D eigenvalue weighted by atomic mass is 16.5. The van der Waals surface area contributed by atoms with Gasteiger partial charge in [0, 0.05) is 6.42 Å². The van der Waals surface area contributed by atoms with Gasteiger partial charge in [-0.15, -0.1) is 0 Å². The number of benzene rings is 1. The lowest BCUT2D eigenvalue weighted by Gasteiger charge is -2.01. The van der Waals surface area contributed by atoms with Crippen molar-refractivity contribution in [1.29, 1.82) is 0 Å². The number of esters is 1. The number of allylic oxidation sites excluding steroid dienone is 1. The number of carbonyl (C=O) groups is 1. The van der Waals surface area contributed by atoms with E-state index in [0.29, 0.717) is 18.6 Å². The van der Waals surface area contributed by atoms with Gasteiger partial charge in [-0.05, 0) is 11.1 Å². The van der Waals surface area contributed by atoms with E-state index in [0.717, 1.165) is 11.1 Å². The number of ether oxygens (including phenoxy) is 1. The van der Waals surface area contributed by atoms with Gasteiger partial charge >= 0.3 is 5.97 Å². The number of hydrogen-bond acceptors (Lipinski definition) is 2. The molecule has 0 fully saturated rings. The summed E-state index contributed by atoms with van der Waals surface area (Å²) in [5, 5.41) is 0. The van der Waals surface area contributed by atoms with Gasteiger partial charge in [0.15, 0.2) is 0 Å². The van der Waals surface area contributed by atoms with E-state index in [1.54, 1.807) is 0 Å². The Kier molecular flexibility index (Phi) is 1.89. The van der Waals surface area contributed by atoms with E-state index in [1.165, 1.54) is 0 Å². The second-order valence-corrected chi connectivity index (χ2v) is 3.14. The lowest BCUT2D eigenvalue weighted by atomic mass is 10.0. The summed E-state index contributed by atoms with van der Waals surface area (Å²) < 4.78 is 4.96. The van der Waals surface area contributed by atoms with Crippen LogP contribution in [-0.2, 0) is 22.4 Å². The van der Waals surface area contributed by atoms with E-state index in [1.807, 2.05) is 24.3 Å². The van der Waals surface area contributed by atoms with Crippen LogP contribution in [0.5, 0.6) is 0 Å². The molecule has 0 aromatic heterocycles. The lowest BCUT2D eigenvalue weighted by molar-refractivity contribution is -0.138. The first-order valence-electron chi connectivity index (χ1n) is 4.21. The van der Waals surface area contributed by atoms with Crippen LogP contribution in [0.1, 0.15) is 11.1 Å². The number of carbonyl (C=O) groups excluding carboxylic acids is 1. The topological polar surface area (TPSA) is 26.3 Å². The minimum Gasteiger partial charge on any atom is -0.431 e. The fraction of sp³-hybridized carbons (Fsp3) is 0.182. The van der Waals surface area contributed by atoms with Crippen LogP contribution in [-0.4, -0.2) is 5.97 Å². The summed E-state index contributed by atoms with van der Waals surface area (Å²) in [6, 6.07) is 7.85. The molecule has 13 heavy (non-hydrogen) atoms. The molecule has 2 nitrogen and oxygen atoms in total. The van der Waals surface area contributed by atoms with Gasteiger partial charge in [-0.1, -0.05) is 30.8 Å². The van der Waals surface area contributed by atoms with Crippen molar-refractivity contribution in [1.82, 2.24) is 0 Å². The van der Waals surface area contributed by atoms with E-state index in [4.69, 9.17) is 4.74 Å². The minimum absolute atomic E-state index is 0.213. The molecule has 1 aromatic rings. The number of rotatable bonds is 0. The van der Waals surface area contributed by atoms with Gasteiger partial charge in [0.05, 0.1) is 6.42 Å². The van der Waals surface area contributed by atoms with E-state index in [-0.39, 0.29) is 5.97 Å². The summed E-state index contributed by atoms with van der Waals surface area (Å²) in [4.78, 5) is 11.2. The number of hydrogen-bond donors (Lipinski definition) is 0. The summed E-state index contributed by atoms with van der Waals surface area (Å²) in [6.45, 7) is 3.68. The molecule has 0 saturated heterocycles. The van der Waals surface area contributed by atoms with Gasteiger partial charge in [0.2, 0.25) is 0 Å². The Morgan fingerprint density at radius 1 is 1.15 bits per heavy atom. The second-order valence-electron chi connectivity index (χ2n) is 3.14. The molecule has 0 spiro atoms. The van der Waals surface area contributed by atoms with Crippen molar-refractivity contribution in [2.45, 2.75) is 12.8 Å². The van der Waals surface area contributed by atoms with Gasteiger partial charge in [-0.25, -0.2) is 0 Å². The third-order valence-electron chi connectivity index (χ3n) is 2.10. The molecule has 0 N–H and O–H groups in total. The van der Waals surface area contributed by atoms with Crippen molar-refractivity contribution in [2.24, 2.45) is 0 Å². The summed E-state index contributed by atoms with van der Waals surface area (Å²) in [5.41, 5.74) is 2.18. The fourth-order valence-electron chi connectivity index (χ4n) is 1.50. The van der Waals surface area contributed by atoms with Crippen LogP contribution in [0.4, 0.5) is 0 Å². The Morgan fingerprint density at radius 3 is 2.46 bits per heavy atom. The SMILES string of the molecule is C=C1Cc2ccccc2CC(=O)O1. The standard InChI is InChI=1S/C11H10O2/c1-8-6-9-4-2-3-5-10(9)7-11(12)13-8/h2-5H,1,6-7H2. The summed E-state index contributed by atoms with van der Waals surface area (Å²) >= 11 is 0. The van der Waals surface area contributed by atoms with E-state index in [2.05, 4.69) is 6.58 Å². The smallest absolute Gasteiger partial charge is 0.315 e. The molecular weight excluding hydrogens is 164 g/mol. The zero-order valence-electron chi connectivity index (χ0n) is 7.25. The van der Waals surface area contributed by atoms with Crippen LogP contribution in [0.25, 0.3) is 0 Å². The molecular formula is C11H10O2. The normalized spacial score (nSPS) is 16.0. The van der Waals surface area contributed by atoms with Crippen LogP contribution >= 0.6 is 0 Å². The Balaban J connectivity index is 2.43. The molecule has 1 aromatic carbocycles. The lowest BCUT2D eigenvalue weighted by Crippen LogP contribution is -2.03. The molecule has 1 aliphatic heterocycles. The summed E-state index contributed by atoms with van der Waals surface area (Å²) in [6.07, 6.45) is 0.997. The molecule has 2 rings (SSSR count). The second kappa shape index (κ2) is 3.05. The molecule has 66 valence electrons. The Morgan fingerprint density at radius 2 is 1.77 bits per heavy atom. The molecule has 1 aliphatic rings. The van der Waals surface area contributed by atoms with Gasteiger partial charge in [0.25, 0.3) is 0 Å². The van der Waals surface area contributed by atoms with Crippen molar-refractivity contribution < 1.29 is 9.53 Å². The molecule has 1 heterocycles. The molecule has 0 radical (unpaired) electrons. The molecule has 0 unspecified atom stereocenters. The van der Waals surface area contributed by atoms with Crippen molar-refractivity contribution in [2.75, 3.05) is 0 Å². The van der Waals surface area contributed by atoms with Crippen LogP contribution in [0.3, 0.4) is 0 Å². The zero-order valence-corrected chi connectivity index (χ0v) is 7.25. The monoisotopic (exact) mass is 174 g/mol. The van der Waals surface area contributed by atoms with E-state index < -0.39 is 0 Å². The van der Waals surface area contributed by atoms with Gasteiger partial charge < -0.3 is 4.74 Å². The molecule has 0 amide bonds. The average molecular weight is 174 g/mol. The molecule has 0 aliphatic carbocycles. The maximum atomic E-state index is 11.2. The first-order valence-corrected chi connectivity index (χ1v) is 4.21.